The van der Waals surface area contributed by atoms with Gasteiger partial charge in [0.2, 0.25) is 5.91 Å². The summed E-state index contributed by atoms with van der Waals surface area (Å²) in [6, 6.07) is 8.69. The van der Waals surface area contributed by atoms with E-state index in [2.05, 4.69) is 34.5 Å². The summed E-state index contributed by atoms with van der Waals surface area (Å²) in [6.45, 7) is 4.75. The van der Waals surface area contributed by atoms with Crippen LogP contribution in [-0.2, 0) is 14.3 Å². The quantitative estimate of drug-likeness (QED) is 0.806. The number of likely N-dealkylation sites (tertiary alicyclic amines) is 2. The fourth-order valence-corrected chi connectivity index (χ4v) is 4.67. The van der Waals surface area contributed by atoms with E-state index in [-0.39, 0.29) is 30.7 Å². The number of hydrogen-bond donors (Lipinski definition) is 1. The minimum atomic E-state index is -0.0935. The van der Waals surface area contributed by atoms with Gasteiger partial charge in [0.1, 0.15) is 6.61 Å². The summed E-state index contributed by atoms with van der Waals surface area (Å²) in [7, 11) is 1.76. The molecule has 29 heavy (non-hydrogen) atoms. The molecule has 2 atom stereocenters. The Hall–Kier alpha value is -2.32. The van der Waals surface area contributed by atoms with E-state index in [1.807, 2.05) is 9.80 Å². The molecule has 4 fully saturated rings. The van der Waals surface area contributed by atoms with Crippen molar-refractivity contribution >= 4 is 17.6 Å². The third kappa shape index (κ3) is 3.55. The molecule has 2 unspecified atom stereocenters. The van der Waals surface area contributed by atoms with E-state index in [4.69, 9.17) is 9.47 Å². The van der Waals surface area contributed by atoms with Crippen LogP contribution in [0.4, 0.5) is 10.5 Å². The Bertz CT molecular complexity index is 773. The molecule has 5 rings (SSSR count). The Morgan fingerprint density at radius 1 is 1.10 bits per heavy atom. The molecule has 0 aliphatic carbocycles. The maximum Gasteiger partial charge on any atom is 0.320 e. The number of benzene rings is 1. The van der Waals surface area contributed by atoms with Crippen molar-refractivity contribution in [3.8, 4) is 0 Å². The number of piperidine rings is 1. The molecule has 8 heteroatoms. The lowest BCUT2D eigenvalue weighted by molar-refractivity contribution is -0.139. The van der Waals surface area contributed by atoms with Crippen LogP contribution in [0.3, 0.4) is 0 Å². The number of anilines is 1. The van der Waals surface area contributed by atoms with Crippen LogP contribution in [-0.4, -0.2) is 93.0 Å². The lowest BCUT2D eigenvalue weighted by atomic mass is 9.91. The Labute approximate surface area is 170 Å². The Morgan fingerprint density at radius 3 is 2.59 bits per heavy atom. The summed E-state index contributed by atoms with van der Waals surface area (Å²) in [4.78, 5) is 30.5. The third-order valence-electron chi connectivity index (χ3n) is 6.66. The molecule has 4 aliphatic heterocycles. The molecule has 0 radical (unpaired) electrons. The van der Waals surface area contributed by atoms with Crippen LogP contribution in [0.5, 0.6) is 0 Å². The summed E-state index contributed by atoms with van der Waals surface area (Å²) in [5.74, 6) is 0.301. The average molecular weight is 400 g/mol. The lowest BCUT2D eigenvalue weighted by Crippen LogP contribution is -2.63. The van der Waals surface area contributed by atoms with Crippen molar-refractivity contribution in [1.82, 2.24) is 15.1 Å². The molecule has 0 aromatic heterocycles. The molecule has 156 valence electrons. The van der Waals surface area contributed by atoms with Crippen LogP contribution in [0.2, 0.25) is 0 Å². The van der Waals surface area contributed by atoms with E-state index < -0.39 is 0 Å². The maximum absolute atomic E-state index is 12.8. The van der Waals surface area contributed by atoms with Crippen LogP contribution in [0.15, 0.2) is 24.3 Å². The van der Waals surface area contributed by atoms with Gasteiger partial charge >= 0.3 is 6.03 Å². The topological polar surface area (TPSA) is 74.3 Å². The number of urea groups is 1. The molecule has 0 bridgehead atoms. The van der Waals surface area contributed by atoms with Gasteiger partial charge in [0, 0.05) is 58.0 Å². The van der Waals surface area contributed by atoms with Gasteiger partial charge in [-0.1, -0.05) is 12.1 Å². The first-order valence-corrected chi connectivity index (χ1v) is 10.4. The molecule has 4 aliphatic rings. The van der Waals surface area contributed by atoms with E-state index in [9.17, 15) is 9.59 Å². The number of carbonyl (C=O) groups excluding carboxylic acids is 2. The second-order valence-electron chi connectivity index (χ2n) is 8.50. The zero-order valence-corrected chi connectivity index (χ0v) is 16.8. The summed E-state index contributed by atoms with van der Waals surface area (Å²) in [5.41, 5.74) is 2.52. The number of fused-ring (bicyclic) bond motifs is 1. The molecule has 4 saturated heterocycles. The van der Waals surface area contributed by atoms with Gasteiger partial charge in [0.25, 0.3) is 0 Å². The number of rotatable bonds is 3. The number of nitrogens with one attached hydrogen (secondary N) is 1. The van der Waals surface area contributed by atoms with E-state index in [1.54, 1.807) is 7.11 Å². The van der Waals surface area contributed by atoms with Crippen molar-refractivity contribution in [3.05, 3.63) is 29.8 Å². The smallest absolute Gasteiger partial charge is 0.320 e. The molecule has 1 aromatic rings. The summed E-state index contributed by atoms with van der Waals surface area (Å²) >= 11 is 0. The van der Waals surface area contributed by atoms with E-state index >= 15 is 0 Å². The number of nitrogens with zero attached hydrogens (tertiary/aromatic N) is 3. The van der Waals surface area contributed by atoms with Crippen molar-refractivity contribution in [2.75, 3.05) is 57.9 Å². The SMILES string of the molecule is COC1CN(c2ccc(C3CN(C(=O)N4CCC5OCC(=O)NC5C4)C3)cc2)C1. The Kier molecular flexibility index (Phi) is 4.83. The maximum atomic E-state index is 12.8. The van der Waals surface area contributed by atoms with Gasteiger partial charge in [0.15, 0.2) is 0 Å². The average Bonchev–Trinajstić information content (AvgIpc) is 2.66. The first-order valence-electron chi connectivity index (χ1n) is 10.4. The van der Waals surface area contributed by atoms with Gasteiger partial charge < -0.3 is 29.5 Å². The molecular formula is C21H28N4O4. The monoisotopic (exact) mass is 400 g/mol. The predicted molar refractivity (Wildman–Crippen MR) is 107 cm³/mol. The highest BCUT2D eigenvalue weighted by atomic mass is 16.5. The minimum absolute atomic E-state index is 0.0324. The van der Waals surface area contributed by atoms with Crippen molar-refractivity contribution < 1.29 is 19.1 Å². The number of methoxy groups -OCH3 is 1. The van der Waals surface area contributed by atoms with E-state index in [0.29, 0.717) is 25.1 Å². The largest absolute Gasteiger partial charge is 0.378 e. The van der Waals surface area contributed by atoms with Gasteiger partial charge in [-0.3, -0.25) is 4.79 Å². The standard InChI is InChI=1S/C21H28N4O4/c1-28-17-10-24(11-17)16-4-2-14(3-5-16)15-8-25(9-15)21(27)23-7-6-19-18(12-23)22-20(26)13-29-19/h2-5,15,17-19H,6-13H2,1H3,(H,22,26). The van der Waals surface area contributed by atoms with Crippen LogP contribution in [0.1, 0.15) is 17.9 Å². The zero-order valence-electron chi connectivity index (χ0n) is 16.8. The van der Waals surface area contributed by atoms with Crippen molar-refractivity contribution in [2.24, 2.45) is 0 Å². The predicted octanol–water partition coefficient (Wildman–Crippen LogP) is 0.630. The van der Waals surface area contributed by atoms with Gasteiger partial charge in [0.05, 0.1) is 18.2 Å². The van der Waals surface area contributed by atoms with Crippen LogP contribution in [0, 0.1) is 0 Å². The van der Waals surface area contributed by atoms with Crippen molar-refractivity contribution in [3.63, 3.8) is 0 Å². The molecule has 8 nitrogen and oxygen atoms in total. The van der Waals surface area contributed by atoms with Crippen molar-refractivity contribution in [2.45, 2.75) is 30.6 Å². The fraction of sp³-hybridized carbons (Fsp3) is 0.619. The molecule has 0 saturated carbocycles. The fourth-order valence-electron chi connectivity index (χ4n) is 4.67. The van der Waals surface area contributed by atoms with Gasteiger partial charge in [-0.15, -0.1) is 0 Å². The highest BCUT2D eigenvalue weighted by Gasteiger charge is 2.40. The van der Waals surface area contributed by atoms with Crippen LogP contribution < -0.4 is 10.2 Å². The van der Waals surface area contributed by atoms with E-state index in [1.165, 1.54) is 11.3 Å². The molecule has 3 amide bonds. The molecule has 4 heterocycles. The van der Waals surface area contributed by atoms with Crippen LogP contribution >= 0.6 is 0 Å². The van der Waals surface area contributed by atoms with Gasteiger partial charge in [-0.25, -0.2) is 4.79 Å². The molecule has 0 spiro atoms. The minimum Gasteiger partial charge on any atom is -0.378 e. The summed E-state index contributed by atoms with van der Waals surface area (Å²) in [5, 5.41) is 2.95. The Morgan fingerprint density at radius 2 is 1.86 bits per heavy atom. The first kappa shape index (κ1) is 18.7. The second kappa shape index (κ2) is 7.50. The molecular weight excluding hydrogens is 372 g/mol. The Balaban J connectivity index is 1.12. The second-order valence-corrected chi connectivity index (χ2v) is 8.50. The van der Waals surface area contributed by atoms with Crippen LogP contribution in [0.25, 0.3) is 0 Å². The highest BCUT2D eigenvalue weighted by molar-refractivity contribution is 5.79. The number of ether oxygens (including phenoxy) is 2. The highest BCUT2D eigenvalue weighted by Crippen LogP contribution is 2.31. The van der Waals surface area contributed by atoms with Gasteiger partial charge in [-0.2, -0.15) is 0 Å². The van der Waals surface area contributed by atoms with Gasteiger partial charge in [-0.05, 0) is 24.1 Å². The first-order chi connectivity index (χ1) is 14.1. The number of carbonyl (C=O) groups is 2. The third-order valence-corrected chi connectivity index (χ3v) is 6.66. The van der Waals surface area contributed by atoms with E-state index in [0.717, 1.165) is 32.6 Å². The van der Waals surface area contributed by atoms with Crippen molar-refractivity contribution in [1.29, 1.82) is 0 Å². The number of morpholine rings is 1. The lowest BCUT2D eigenvalue weighted by Gasteiger charge is -2.46. The molecule has 1 aromatic carbocycles. The summed E-state index contributed by atoms with van der Waals surface area (Å²) < 4.78 is 10.9. The molecule has 1 N–H and O–H groups in total. The number of hydrogen-bond acceptors (Lipinski definition) is 5. The number of amides is 3. The zero-order chi connectivity index (χ0) is 20.0. The normalized spacial score (nSPS) is 27.8. The summed E-state index contributed by atoms with van der Waals surface area (Å²) in [6.07, 6.45) is 1.15.